The number of rotatable bonds is 4. The van der Waals surface area contributed by atoms with Crippen LogP contribution in [0.2, 0.25) is 0 Å². The van der Waals surface area contributed by atoms with Crippen LogP contribution in [0, 0.1) is 30.4 Å². The van der Waals surface area contributed by atoms with Crippen LogP contribution in [0.3, 0.4) is 0 Å². The van der Waals surface area contributed by atoms with Gasteiger partial charge in [0, 0.05) is 54.0 Å². The quantitative estimate of drug-likeness (QED) is 0.311. The lowest BCUT2D eigenvalue weighted by molar-refractivity contribution is 0.0721. The number of fused-ring (bicyclic) bond motifs is 2. The number of likely N-dealkylation sites (tertiary alicyclic amines) is 1. The van der Waals surface area contributed by atoms with Crippen LogP contribution in [0.4, 0.5) is 14.5 Å². The third kappa shape index (κ3) is 4.82. The van der Waals surface area contributed by atoms with Crippen molar-refractivity contribution in [1.82, 2.24) is 14.9 Å². The second-order valence-corrected chi connectivity index (χ2v) is 10.3. The minimum Gasteiger partial charge on any atom is -0.365 e. The Hall–Kier alpha value is -4.57. The van der Waals surface area contributed by atoms with Gasteiger partial charge in [-0.25, -0.2) is 8.78 Å². The van der Waals surface area contributed by atoms with Crippen LogP contribution in [0.1, 0.15) is 46.2 Å². The van der Waals surface area contributed by atoms with Crippen LogP contribution >= 0.6 is 0 Å². The van der Waals surface area contributed by atoms with Gasteiger partial charge < -0.3 is 9.80 Å². The fourth-order valence-electron chi connectivity index (χ4n) is 5.70. The summed E-state index contributed by atoms with van der Waals surface area (Å²) in [6, 6.07) is 17.0. The van der Waals surface area contributed by atoms with Crippen molar-refractivity contribution in [2.75, 3.05) is 18.0 Å². The number of pyridine rings is 2. The average Bonchev–Trinajstić information content (AvgIpc) is 3.58. The highest BCUT2D eigenvalue weighted by atomic mass is 19.1. The maximum Gasteiger partial charge on any atom is 0.257 e. The van der Waals surface area contributed by atoms with Crippen LogP contribution in [0.25, 0.3) is 11.1 Å². The molecule has 40 heavy (non-hydrogen) atoms. The number of hydrogen-bond acceptors (Lipinski definition) is 4. The molecule has 2 atom stereocenters. The Morgan fingerprint density at radius 2 is 1.80 bits per heavy atom. The van der Waals surface area contributed by atoms with Crippen molar-refractivity contribution < 1.29 is 13.6 Å². The zero-order chi connectivity index (χ0) is 27.8. The van der Waals surface area contributed by atoms with E-state index in [4.69, 9.17) is 0 Å². The van der Waals surface area contributed by atoms with Gasteiger partial charge in [-0.15, -0.1) is 0 Å². The van der Waals surface area contributed by atoms with Gasteiger partial charge in [0.25, 0.3) is 5.91 Å². The molecule has 200 valence electrons. The summed E-state index contributed by atoms with van der Waals surface area (Å²) >= 11 is 0. The lowest BCUT2D eigenvalue weighted by atomic mass is 9.96. The zero-order valence-corrected chi connectivity index (χ0v) is 22.4. The van der Waals surface area contributed by atoms with Gasteiger partial charge in [-0.1, -0.05) is 24.8 Å². The van der Waals surface area contributed by atoms with Gasteiger partial charge in [0.1, 0.15) is 11.6 Å². The molecule has 0 N–H and O–H groups in total. The first-order valence-corrected chi connectivity index (χ1v) is 13.5. The smallest absolute Gasteiger partial charge is 0.257 e. The number of piperazine rings is 1. The van der Waals surface area contributed by atoms with Gasteiger partial charge in [-0.2, -0.15) is 0 Å². The molecule has 0 saturated carbocycles. The molecule has 2 fully saturated rings. The Balaban J connectivity index is 1.24. The van der Waals surface area contributed by atoms with Crippen LogP contribution in [0.5, 0.6) is 0 Å². The van der Waals surface area contributed by atoms with Gasteiger partial charge in [0.05, 0.1) is 22.9 Å². The molecule has 0 aliphatic carbocycles. The molecular formula is C33H28F2N4O. The summed E-state index contributed by atoms with van der Waals surface area (Å²) < 4.78 is 28.9. The number of carbonyl (C=O) groups excluding carboxylic acids is 1. The van der Waals surface area contributed by atoms with Gasteiger partial charge in [-0.05, 0) is 79.9 Å². The SMILES string of the molecule is CCc1nccc(-c2ccc(C(=O)N3C[C@H]4CC3CN4c3ccc(F)cc3)c(F)c2)c1C#Cc1ccc(C)nc1. The average molecular weight is 535 g/mol. The van der Waals surface area contributed by atoms with Crippen molar-refractivity contribution in [3.63, 3.8) is 0 Å². The highest BCUT2D eigenvalue weighted by Crippen LogP contribution is 2.36. The van der Waals surface area contributed by atoms with Crippen molar-refractivity contribution in [2.45, 2.75) is 38.8 Å². The molecule has 5 nitrogen and oxygen atoms in total. The van der Waals surface area contributed by atoms with Crippen molar-refractivity contribution >= 4 is 11.6 Å². The number of carbonyl (C=O) groups is 1. The molecule has 4 aromatic rings. The van der Waals surface area contributed by atoms with E-state index >= 15 is 4.39 Å². The first-order chi connectivity index (χ1) is 19.4. The largest absolute Gasteiger partial charge is 0.365 e. The van der Waals surface area contributed by atoms with E-state index in [2.05, 4.69) is 26.7 Å². The standard InChI is InChI=1S/C33H28F2N4O/c1-3-32-29(12-6-22-5-4-21(2)37-18-22)28(14-15-36-32)23-7-13-30(31(35)16-23)33(40)39-20-26-17-27(39)19-38(26)25-10-8-24(34)9-11-25/h4-5,7-11,13-16,18,26-27H,3,17,19-20H2,1-2H3/t26-,27?/m1/s1. The summed E-state index contributed by atoms with van der Waals surface area (Å²) in [4.78, 5) is 26.2. The number of hydrogen-bond donors (Lipinski definition) is 0. The minimum absolute atomic E-state index is 0.00733. The summed E-state index contributed by atoms with van der Waals surface area (Å²) in [5.41, 5.74) is 5.68. The van der Waals surface area contributed by atoms with E-state index in [0.29, 0.717) is 25.1 Å². The predicted octanol–water partition coefficient (Wildman–Crippen LogP) is 5.80. The minimum atomic E-state index is -0.558. The summed E-state index contributed by atoms with van der Waals surface area (Å²) in [5, 5.41) is 0. The predicted molar refractivity (Wildman–Crippen MR) is 151 cm³/mol. The molecule has 2 aromatic heterocycles. The van der Waals surface area contributed by atoms with Crippen molar-refractivity contribution in [1.29, 1.82) is 0 Å². The Bertz CT molecular complexity index is 1640. The first kappa shape index (κ1) is 25.7. The fraction of sp³-hybridized carbons (Fsp3) is 0.242. The van der Waals surface area contributed by atoms with Crippen LogP contribution in [0.15, 0.2) is 73.1 Å². The third-order valence-corrected chi connectivity index (χ3v) is 7.78. The molecule has 0 spiro atoms. The molecule has 2 aromatic carbocycles. The molecule has 2 aliphatic heterocycles. The highest BCUT2D eigenvalue weighted by molar-refractivity contribution is 5.96. The normalized spacial score (nSPS) is 17.6. The van der Waals surface area contributed by atoms with Crippen molar-refractivity contribution in [3.8, 4) is 23.0 Å². The van der Waals surface area contributed by atoms with Crippen LogP contribution in [-0.4, -0.2) is 45.9 Å². The summed E-state index contributed by atoms with van der Waals surface area (Å²) in [6.45, 7) is 5.09. The lowest BCUT2D eigenvalue weighted by Gasteiger charge is -2.35. The summed E-state index contributed by atoms with van der Waals surface area (Å²) in [5.74, 6) is 5.26. The van der Waals surface area contributed by atoms with Crippen molar-refractivity contribution in [2.24, 2.45) is 0 Å². The van der Waals surface area contributed by atoms with Gasteiger partial charge in [-0.3, -0.25) is 14.8 Å². The molecule has 2 aliphatic rings. The Morgan fingerprint density at radius 1 is 0.975 bits per heavy atom. The Kier molecular flexibility index (Phi) is 6.77. The van der Waals surface area contributed by atoms with E-state index < -0.39 is 5.82 Å². The number of amides is 1. The Morgan fingerprint density at radius 3 is 2.48 bits per heavy atom. The maximum absolute atomic E-state index is 15.5. The molecule has 2 saturated heterocycles. The molecular weight excluding hydrogens is 506 g/mol. The zero-order valence-electron chi connectivity index (χ0n) is 22.4. The lowest BCUT2D eigenvalue weighted by Crippen LogP contribution is -2.49. The highest BCUT2D eigenvalue weighted by Gasteiger charge is 2.45. The number of halogens is 2. The summed E-state index contributed by atoms with van der Waals surface area (Å²) in [6.07, 6.45) is 4.93. The molecule has 4 heterocycles. The van der Waals surface area contributed by atoms with E-state index in [0.717, 1.165) is 40.2 Å². The van der Waals surface area contributed by atoms with E-state index in [1.54, 1.807) is 41.6 Å². The molecule has 1 unspecified atom stereocenters. The second kappa shape index (κ2) is 10.5. The fourth-order valence-corrected chi connectivity index (χ4v) is 5.70. The molecule has 2 bridgehead atoms. The number of aryl methyl sites for hydroxylation is 2. The third-order valence-electron chi connectivity index (χ3n) is 7.78. The van der Waals surface area contributed by atoms with E-state index in [-0.39, 0.29) is 29.4 Å². The molecule has 1 amide bonds. The molecule has 0 radical (unpaired) electrons. The maximum atomic E-state index is 15.5. The van der Waals surface area contributed by atoms with Crippen LogP contribution < -0.4 is 4.90 Å². The van der Waals surface area contributed by atoms with E-state index in [9.17, 15) is 9.18 Å². The van der Waals surface area contributed by atoms with Gasteiger partial charge >= 0.3 is 0 Å². The van der Waals surface area contributed by atoms with Crippen molar-refractivity contribution in [3.05, 3.63) is 113 Å². The van der Waals surface area contributed by atoms with E-state index in [1.807, 2.05) is 32.0 Å². The monoisotopic (exact) mass is 534 g/mol. The van der Waals surface area contributed by atoms with Gasteiger partial charge in [0.2, 0.25) is 0 Å². The second-order valence-electron chi connectivity index (χ2n) is 10.3. The number of anilines is 1. The van der Waals surface area contributed by atoms with E-state index in [1.165, 1.54) is 18.2 Å². The van der Waals surface area contributed by atoms with Gasteiger partial charge in [0.15, 0.2) is 0 Å². The van der Waals surface area contributed by atoms with Crippen LogP contribution in [-0.2, 0) is 6.42 Å². The number of nitrogens with zero attached hydrogens (tertiary/aromatic N) is 4. The summed E-state index contributed by atoms with van der Waals surface area (Å²) in [7, 11) is 0. The topological polar surface area (TPSA) is 49.3 Å². The molecule has 6 rings (SSSR count). The molecule has 7 heteroatoms. The number of benzene rings is 2. The first-order valence-electron chi connectivity index (χ1n) is 13.5. The Labute approximate surface area is 232 Å². The number of aromatic nitrogens is 2.